The van der Waals surface area contributed by atoms with Crippen LogP contribution < -0.4 is 11.5 Å². The van der Waals surface area contributed by atoms with Gasteiger partial charge in [0.1, 0.15) is 0 Å². The number of nitrogens with two attached hydrogens (primary N) is 2. The number of rotatable bonds is 3. The van der Waals surface area contributed by atoms with Crippen molar-refractivity contribution in [1.82, 2.24) is 0 Å². The SMILES string of the molecule is NCC(N)Cc1cccc2ccccc12. The molecule has 15 heavy (non-hydrogen) atoms. The van der Waals surface area contributed by atoms with Gasteiger partial charge in [-0.1, -0.05) is 42.5 Å². The van der Waals surface area contributed by atoms with Gasteiger partial charge in [0.2, 0.25) is 0 Å². The highest BCUT2D eigenvalue weighted by atomic mass is 14.7. The van der Waals surface area contributed by atoms with Crippen molar-refractivity contribution < 1.29 is 0 Å². The lowest BCUT2D eigenvalue weighted by Gasteiger charge is -2.11. The Morgan fingerprint density at radius 1 is 1.00 bits per heavy atom. The highest BCUT2D eigenvalue weighted by molar-refractivity contribution is 5.85. The van der Waals surface area contributed by atoms with Crippen LogP contribution in [0.25, 0.3) is 10.8 Å². The summed E-state index contributed by atoms with van der Waals surface area (Å²) in [5.41, 5.74) is 12.7. The topological polar surface area (TPSA) is 52.0 Å². The molecule has 1 atom stereocenters. The molecule has 2 aromatic carbocycles. The minimum absolute atomic E-state index is 0.0517. The number of fused-ring (bicyclic) bond motifs is 1. The van der Waals surface area contributed by atoms with E-state index in [9.17, 15) is 0 Å². The Bertz CT molecular complexity index is 446. The van der Waals surface area contributed by atoms with E-state index < -0.39 is 0 Å². The van der Waals surface area contributed by atoms with Crippen molar-refractivity contribution in [3.8, 4) is 0 Å². The molecule has 0 radical (unpaired) electrons. The molecule has 0 heterocycles. The maximum atomic E-state index is 5.87. The lowest BCUT2D eigenvalue weighted by Crippen LogP contribution is -2.31. The maximum Gasteiger partial charge on any atom is 0.0204 e. The molecule has 0 aliphatic rings. The van der Waals surface area contributed by atoms with Gasteiger partial charge in [0.05, 0.1) is 0 Å². The van der Waals surface area contributed by atoms with E-state index >= 15 is 0 Å². The van der Waals surface area contributed by atoms with Gasteiger partial charge >= 0.3 is 0 Å². The molecule has 0 aromatic heterocycles. The predicted molar refractivity (Wildman–Crippen MR) is 64.7 cm³/mol. The molecule has 0 amide bonds. The average Bonchev–Trinajstić information content (AvgIpc) is 2.29. The molecule has 4 N–H and O–H groups in total. The predicted octanol–water partition coefficient (Wildman–Crippen LogP) is 1.67. The second-order valence-corrected chi connectivity index (χ2v) is 3.84. The highest BCUT2D eigenvalue weighted by Gasteiger charge is 2.04. The summed E-state index contributed by atoms with van der Waals surface area (Å²) in [6, 6.07) is 14.7. The summed E-state index contributed by atoms with van der Waals surface area (Å²) in [6.45, 7) is 0.531. The summed E-state index contributed by atoms with van der Waals surface area (Å²) < 4.78 is 0. The lowest BCUT2D eigenvalue weighted by molar-refractivity contribution is 0.681. The van der Waals surface area contributed by atoms with Crippen LogP contribution in [0, 0.1) is 0 Å². The second-order valence-electron chi connectivity index (χ2n) is 3.84. The van der Waals surface area contributed by atoms with Crippen LogP contribution in [0.2, 0.25) is 0 Å². The maximum absolute atomic E-state index is 5.87. The van der Waals surface area contributed by atoms with Gasteiger partial charge in [-0.15, -0.1) is 0 Å². The quantitative estimate of drug-likeness (QED) is 0.791. The molecule has 1 unspecified atom stereocenters. The zero-order chi connectivity index (χ0) is 10.7. The van der Waals surface area contributed by atoms with Crippen LogP contribution >= 0.6 is 0 Å². The van der Waals surface area contributed by atoms with E-state index in [1.54, 1.807) is 0 Å². The Kier molecular flexibility index (Phi) is 2.99. The van der Waals surface area contributed by atoms with Gasteiger partial charge in [0.15, 0.2) is 0 Å². The first-order valence-electron chi connectivity index (χ1n) is 5.23. The van der Waals surface area contributed by atoms with Crippen molar-refractivity contribution in [3.05, 3.63) is 48.0 Å². The van der Waals surface area contributed by atoms with Crippen molar-refractivity contribution in [1.29, 1.82) is 0 Å². The first kappa shape index (κ1) is 10.1. The number of benzene rings is 2. The lowest BCUT2D eigenvalue weighted by atomic mass is 9.99. The zero-order valence-electron chi connectivity index (χ0n) is 8.69. The second kappa shape index (κ2) is 4.43. The molecule has 0 aliphatic carbocycles. The van der Waals surface area contributed by atoms with Crippen molar-refractivity contribution in [2.75, 3.05) is 6.54 Å². The van der Waals surface area contributed by atoms with Gasteiger partial charge in [0.25, 0.3) is 0 Å². The van der Waals surface area contributed by atoms with E-state index in [4.69, 9.17) is 11.5 Å². The number of hydrogen-bond acceptors (Lipinski definition) is 2. The van der Waals surface area contributed by atoms with Gasteiger partial charge in [-0.3, -0.25) is 0 Å². The Labute approximate surface area is 89.9 Å². The van der Waals surface area contributed by atoms with E-state index in [1.807, 2.05) is 0 Å². The standard InChI is InChI=1S/C13H16N2/c14-9-12(15)8-11-6-3-5-10-4-1-2-7-13(10)11/h1-7,12H,8-9,14-15H2. The summed E-state index contributed by atoms with van der Waals surface area (Å²) in [5, 5.41) is 2.54. The molecule has 0 aliphatic heterocycles. The molecule has 0 spiro atoms. The summed E-state index contributed by atoms with van der Waals surface area (Å²) in [7, 11) is 0. The van der Waals surface area contributed by atoms with E-state index in [2.05, 4.69) is 42.5 Å². The van der Waals surface area contributed by atoms with Crippen molar-refractivity contribution in [3.63, 3.8) is 0 Å². The van der Waals surface area contributed by atoms with Crippen LogP contribution in [-0.2, 0) is 6.42 Å². The van der Waals surface area contributed by atoms with Crippen molar-refractivity contribution in [2.24, 2.45) is 11.5 Å². The van der Waals surface area contributed by atoms with Gasteiger partial charge < -0.3 is 11.5 Å². The van der Waals surface area contributed by atoms with Crippen LogP contribution in [0.15, 0.2) is 42.5 Å². The molecule has 0 fully saturated rings. The zero-order valence-corrected chi connectivity index (χ0v) is 8.69. The summed E-state index contributed by atoms with van der Waals surface area (Å²) >= 11 is 0. The highest BCUT2D eigenvalue weighted by Crippen LogP contribution is 2.19. The van der Waals surface area contributed by atoms with Crippen LogP contribution in [-0.4, -0.2) is 12.6 Å². The normalized spacial score (nSPS) is 12.9. The van der Waals surface area contributed by atoms with Gasteiger partial charge in [0, 0.05) is 12.6 Å². The molecule has 0 bridgehead atoms. The molecular formula is C13H16N2. The molecule has 2 nitrogen and oxygen atoms in total. The third kappa shape index (κ3) is 2.17. The average molecular weight is 200 g/mol. The smallest absolute Gasteiger partial charge is 0.0204 e. The molecule has 0 saturated carbocycles. The molecule has 2 rings (SSSR count). The van der Waals surface area contributed by atoms with Crippen LogP contribution in [0.5, 0.6) is 0 Å². The van der Waals surface area contributed by atoms with Crippen LogP contribution in [0.3, 0.4) is 0 Å². The molecule has 2 heteroatoms. The van der Waals surface area contributed by atoms with E-state index in [1.165, 1.54) is 16.3 Å². The fourth-order valence-corrected chi connectivity index (χ4v) is 1.84. The Morgan fingerprint density at radius 2 is 1.73 bits per heavy atom. The fraction of sp³-hybridized carbons (Fsp3) is 0.231. The minimum Gasteiger partial charge on any atom is -0.329 e. The minimum atomic E-state index is 0.0517. The molecule has 2 aromatic rings. The van der Waals surface area contributed by atoms with Gasteiger partial charge in [-0.05, 0) is 22.8 Å². The first-order valence-corrected chi connectivity index (χ1v) is 5.23. The molecule has 0 saturated heterocycles. The molecular weight excluding hydrogens is 184 g/mol. The summed E-state index contributed by atoms with van der Waals surface area (Å²) in [6.07, 6.45) is 0.845. The summed E-state index contributed by atoms with van der Waals surface area (Å²) in [4.78, 5) is 0. The first-order chi connectivity index (χ1) is 7.31. The number of hydrogen-bond donors (Lipinski definition) is 2. The monoisotopic (exact) mass is 200 g/mol. The van der Waals surface area contributed by atoms with E-state index in [-0.39, 0.29) is 6.04 Å². The Morgan fingerprint density at radius 3 is 2.53 bits per heavy atom. The Hall–Kier alpha value is -1.38. The largest absolute Gasteiger partial charge is 0.329 e. The van der Waals surface area contributed by atoms with Crippen molar-refractivity contribution in [2.45, 2.75) is 12.5 Å². The molecule has 78 valence electrons. The third-order valence-electron chi connectivity index (χ3n) is 2.66. The van der Waals surface area contributed by atoms with Gasteiger partial charge in [-0.25, -0.2) is 0 Å². The van der Waals surface area contributed by atoms with E-state index in [0.29, 0.717) is 6.54 Å². The van der Waals surface area contributed by atoms with Crippen LogP contribution in [0.1, 0.15) is 5.56 Å². The van der Waals surface area contributed by atoms with Gasteiger partial charge in [-0.2, -0.15) is 0 Å². The fourth-order valence-electron chi connectivity index (χ4n) is 1.84. The Balaban J connectivity index is 2.42. The third-order valence-corrected chi connectivity index (χ3v) is 2.66. The van der Waals surface area contributed by atoms with Crippen LogP contribution in [0.4, 0.5) is 0 Å². The van der Waals surface area contributed by atoms with Crippen molar-refractivity contribution >= 4 is 10.8 Å². The summed E-state index contributed by atoms with van der Waals surface area (Å²) in [5.74, 6) is 0. The van der Waals surface area contributed by atoms with E-state index in [0.717, 1.165) is 6.42 Å².